The summed E-state index contributed by atoms with van der Waals surface area (Å²) in [6.07, 6.45) is 1.68. The van der Waals surface area contributed by atoms with Crippen LogP contribution in [0.5, 0.6) is 5.75 Å². The molecule has 3 aromatic rings. The Balaban J connectivity index is 1.90. The van der Waals surface area contributed by atoms with Gasteiger partial charge in [0.25, 0.3) is 5.91 Å². The number of ether oxygens (including phenoxy) is 1. The van der Waals surface area contributed by atoms with Crippen molar-refractivity contribution in [3.63, 3.8) is 0 Å². The lowest BCUT2D eigenvalue weighted by Crippen LogP contribution is -2.11. The van der Waals surface area contributed by atoms with Crippen molar-refractivity contribution < 1.29 is 9.53 Å². The van der Waals surface area contributed by atoms with E-state index in [0.29, 0.717) is 22.7 Å². The standard InChI is InChI=1S/C16H15N3O2/c1-21-12-4-2-3-11(8-12)19-16(20)14-9-18-15-7-10(17)5-6-13(14)15/h2-9,18H,17H2,1H3,(H,19,20). The van der Waals surface area contributed by atoms with Gasteiger partial charge < -0.3 is 20.8 Å². The zero-order valence-corrected chi connectivity index (χ0v) is 11.5. The van der Waals surface area contributed by atoms with Gasteiger partial charge in [-0.05, 0) is 30.3 Å². The van der Waals surface area contributed by atoms with Crippen molar-refractivity contribution in [3.05, 3.63) is 54.2 Å². The lowest BCUT2D eigenvalue weighted by Gasteiger charge is -2.06. The SMILES string of the molecule is COc1cccc(NC(=O)c2c[nH]c3cc(N)ccc23)c1. The zero-order valence-electron chi connectivity index (χ0n) is 11.5. The van der Waals surface area contributed by atoms with E-state index in [-0.39, 0.29) is 5.91 Å². The minimum absolute atomic E-state index is 0.181. The second-order valence-electron chi connectivity index (χ2n) is 4.69. The van der Waals surface area contributed by atoms with E-state index in [2.05, 4.69) is 10.3 Å². The molecular formula is C16H15N3O2. The number of aromatic amines is 1. The van der Waals surface area contributed by atoms with E-state index in [1.165, 1.54) is 0 Å². The summed E-state index contributed by atoms with van der Waals surface area (Å²) in [5.74, 6) is 0.513. The topological polar surface area (TPSA) is 80.1 Å². The largest absolute Gasteiger partial charge is 0.497 e. The van der Waals surface area contributed by atoms with Crippen molar-refractivity contribution in [2.45, 2.75) is 0 Å². The summed E-state index contributed by atoms with van der Waals surface area (Å²) >= 11 is 0. The smallest absolute Gasteiger partial charge is 0.257 e. The third-order valence-electron chi connectivity index (χ3n) is 3.28. The van der Waals surface area contributed by atoms with Crippen LogP contribution in [0.2, 0.25) is 0 Å². The first kappa shape index (κ1) is 13.1. The summed E-state index contributed by atoms with van der Waals surface area (Å²) in [6.45, 7) is 0. The Morgan fingerprint density at radius 2 is 2.10 bits per heavy atom. The van der Waals surface area contributed by atoms with Crippen LogP contribution in [0.1, 0.15) is 10.4 Å². The number of carbonyl (C=O) groups excluding carboxylic acids is 1. The van der Waals surface area contributed by atoms with Gasteiger partial charge in [0.2, 0.25) is 0 Å². The van der Waals surface area contributed by atoms with Crippen molar-refractivity contribution in [1.29, 1.82) is 0 Å². The molecule has 2 aromatic carbocycles. The molecule has 0 unspecified atom stereocenters. The second-order valence-corrected chi connectivity index (χ2v) is 4.69. The first-order valence-corrected chi connectivity index (χ1v) is 6.49. The number of methoxy groups -OCH3 is 1. The van der Waals surface area contributed by atoms with Gasteiger partial charge in [0, 0.05) is 34.5 Å². The lowest BCUT2D eigenvalue weighted by molar-refractivity contribution is 0.102. The van der Waals surface area contributed by atoms with Gasteiger partial charge in [0.1, 0.15) is 5.75 Å². The van der Waals surface area contributed by atoms with Crippen LogP contribution in [0, 0.1) is 0 Å². The molecule has 1 heterocycles. The fourth-order valence-corrected chi connectivity index (χ4v) is 2.23. The third-order valence-corrected chi connectivity index (χ3v) is 3.28. The number of hydrogen-bond acceptors (Lipinski definition) is 3. The van der Waals surface area contributed by atoms with Crippen LogP contribution in [-0.4, -0.2) is 18.0 Å². The van der Waals surface area contributed by atoms with E-state index >= 15 is 0 Å². The minimum atomic E-state index is -0.181. The number of nitrogens with two attached hydrogens (primary N) is 1. The second kappa shape index (κ2) is 5.20. The number of anilines is 2. The van der Waals surface area contributed by atoms with Gasteiger partial charge in [0.15, 0.2) is 0 Å². The molecule has 21 heavy (non-hydrogen) atoms. The normalized spacial score (nSPS) is 10.5. The van der Waals surface area contributed by atoms with E-state index < -0.39 is 0 Å². The molecule has 0 aliphatic rings. The van der Waals surface area contributed by atoms with Crippen molar-refractivity contribution in [2.24, 2.45) is 0 Å². The molecule has 0 spiro atoms. The Labute approximate surface area is 121 Å². The van der Waals surface area contributed by atoms with Crippen LogP contribution in [0.25, 0.3) is 10.9 Å². The summed E-state index contributed by atoms with van der Waals surface area (Å²) in [7, 11) is 1.59. The Kier molecular flexibility index (Phi) is 3.23. The molecule has 0 atom stereocenters. The Morgan fingerprint density at radius 3 is 2.90 bits per heavy atom. The van der Waals surface area contributed by atoms with E-state index in [1.807, 2.05) is 24.3 Å². The van der Waals surface area contributed by atoms with Crippen LogP contribution in [0.15, 0.2) is 48.7 Å². The fraction of sp³-hybridized carbons (Fsp3) is 0.0625. The number of nitrogens with one attached hydrogen (secondary N) is 2. The predicted molar refractivity (Wildman–Crippen MR) is 83.7 cm³/mol. The van der Waals surface area contributed by atoms with Gasteiger partial charge in [-0.3, -0.25) is 4.79 Å². The molecule has 106 valence electrons. The van der Waals surface area contributed by atoms with E-state index in [0.717, 1.165) is 10.9 Å². The molecule has 5 nitrogen and oxygen atoms in total. The number of rotatable bonds is 3. The van der Waals surface area contributed by atoms with E-state index in [1.54, 1.807) is 31.5 Å². The summed E-state index contributed by atoms with van der Waals surface area (Å²) in [5, 5.41) is 3.69. The van der Waals surface area contributed by atoms with Crippen LogP contribution in [0.4, 0.5) is 11.4 Å². The number of amides is 1. The average molecular weight is 281 g/mol. The van der Waals surface area contributed by atoms with Gasteiger partial charge in [-0.2, -0.15) is 0 Å². The van der Waals surface area contributed by atoms with Crippen LogP contribution < -0.4 is 15.8 Å². The number of fused-ring (bicyclic) bond motifs is 1. The highest BCUT2D eigenvalue weighted by Gasteiger charge is 2.12. The summed E-state index contributed by atoms with van der Waals surface area (Å²) in [6, 6.07) is 12.6. The van der Waals surface area contributed by atoms with E-state index in [4.69, 9.17) is 10.5 Å². The number of carbonyl (C=O) groups is 1. The molecule has 0 radical (unpaired) electrons. The number of H-pyrrole nitrogens is 1. The van der Waals surface area contributed by atoms with Crippen LogP contribution in [-0.2, 0) is 0 Å². The van der Waals surface area contributed by atoms with Gasteiger partial charge in [-0.1, -0.05) is 6.07 Å². The predicted octanol–water partition coefficient (Wildman–Crippen LogP) is 3.01. The highest BCUT2D eigenvalue weighted by Crippen LogP contribution is 2.23. The van der Waals surface area contributed by atoms with E-state index in [9.17, 15) is 4.79 Å². The van der Waals surface area contributed by atoms with Crippen LogP contribution in [0.3, 0.4) is 0 Å². The van der Waals surface area contributed by atoms with Crippen molar-refractivity contribution in [1.82, 2.24) is 4.98 Å². The summed E-state index contributed by atoms with van der Waals surface area (Å²) in [5.41, 5.74) is 8.49. The van der Waals surface area contributed by atoms with Crippen molar-refractivity contribution >= 4 is 28.2 Å². The lowest BCUT2D eigenvalue weighted by atomic mass is 10.1. The first-order valence-electron chi connectivity index (χ1n) is 6.49. The highest BCUT2D eigenvalue weighted by molar-refractivity contribution is 6.13. The van der Waals surface area contributed by atoms with Gasteiger partial charge >= 0.3 is 0 Å². The number of nitrogen functional groups attached to an aromatic ring is 1. The van der Waals surface area contributed by atoms with Crippen molar-refractivity contribution in [3.8, 4) is 5.75 Å². The molecule has 0 aliphatic carbocycles. The zero-order chi connectivity index (χ0) is 14.8. The molecule has 0 saturated heterocycles. The highest BCUT2D eigenvalue weighted by atomic mass is 16.5. The quantitative estimate of drug-likeness (QED) is 0.645. The first-order chi connectivity index (χ1) is 10.2. The maximum Gasteiger partial charge on any atom is 0.257 e. The Morgan fingerprint density at radius 1 is 1.24 bits per heavy atom. The number of benzene rings is 2. The molecule has 1 amide bonds. The monoisotopic (exact) mass is 281 g/mol. The molecule has 4 N–H and O–H groups in total. The van der Waals surface area contributed by atoms with Gasteiger partial charge in [-0.15, -0.1) is 0 Å². The molecular weight excluding hydrogens is 266 g/mol. The third kappa shape index (κ3) is 2.53. The van der Waals surface area contributed by atoms with Gasteiger partial charge in [-0.25, -0.2) is 0 Å². The van der Waals surface area contributed by atoms with Crippen molar-refractivity contribution in [2.75, 3.05) is 18.2 Å². The fourth-order valence-electron chi connectivity index (χ4n) is 2.23. The summed E-state index contributed by atoms with van der Waals surface area (Å²) < 4.78 is 5.14. The van der Waals surface area contributed by atoms with Gasteiger partial charge in [0.05, 0.1) is 12.7 Å². The molecule has 0 aliphatic heterocycles. The summed E-state index contributed by atoms with van der Waals surface area (Å²) in [4.78, 5) is 15.4. The number of aromatic nitrogens is 1. The molecule has 5 heteroatoms. The molecule has 0 bridgehead atoms. The Hall–Kier alpha value is -2.95. The number of hydrogen-bond donors (Lipinski definition) is 3. The van der Waals surface area contributed by atoms with Crippen LogP contribution >= 0.6 is 0 Å². The Bertz CT molecular complexity index is 808. The average Bonchev–Trinajstić information content (AvgIpc) is 2.90. The molecule has 1 aromatic heterocycles. The maximum atomic E-state index is 12.4. The molecule has 3 rings (SSSR count). The maximum absolute atomic E-state index is 12.4. The minimum Gasteiger partial charge on any atom is -0.497 e. The molecule has 0 saturated carbocycles. The molecule has 0 fully saturated rings.